The zero-order valence-corrected chi connectivity index (χ0v) is 12.4. The second-order valence-corrected chi connectivity index (χ2v) is 5.57. The molecule has 0 spiro atoms. The Kier molecular flexibility index (Phi) is 5.23. The van der Waals surface area contributed by atoms with Gasteiger partial charge in [-0.2, -0.15) is 0 Å². The van der Waals surface area contributed by atoms with Gasteiger partial charge >= 0.3 is 0 Å². The zero-order valence-electron chi connectivity index (χ0n) is 12.4. The fourth-order valence-electron chi connectivity index (χ4n) is 3.03. The zero-order chi connectivity index (χ0) is 13.7. The van der Waals surface area contributed by atoms with Crippen molar-refractivity contribution >= 4 is 0 Å². The monoisotopic (exact) mass is 262 g/mol. The maximum absolute atomic E-state index is 5.56. The number of para-hydroxylation sites is 1. The van der Waals surface area contributed by atoms with Gasteiger partial charge in [0.25, 0.3) is 0 Å². The molecule has 0 aliphatic carbocycles. The van der Waals surface area contributed by atoms with E-state index in [0.717, 1.165) is 31.9 Å². The molecule has 1 unspecified atom stereocenters. The highest BCUT2D eigenvalue weighted by Gasteiger charge is 2.26. The molecule has 1 aliphatic rings. The topological polar surface area (TPSA) is 24.5 Å². The van der Waals surface area contributed by atoms with Crippen molar-refractivity contribution in [3.05, 3.63) is 29.8 Å². The third-order valence-corrected chi connectivity index (χ3v) is 3.86. The largest absolute Gasteiger partial charge is 0.496 e. The van der Waals surface area contributed by atoms with Crippen molar-refractivity contribution in [3.8, 4) is 5.75 Å². The van der Waals surface area contributed by atoms with Crippen LogP contribution in [0, 0.1) is 5.92 Å². The van der Waals surface area contributed by atoms with Gasteiger partial charge in [0, 0.05) is 31.2 Å². The van der Waals surface area contributed by atoms with Gasteiger partial charge < -0.3 is 10.1 Å². The number of ether oxygens (including phenoxy) is 1. The van der Waals surface area contributed by atoms with Crippen LogP contribution in [0.4, 0.5) is 0 Å². The summed E-state index contributed by atoms with van der Waals surface area (Å²) in [5.41, 5.74) is 1.32. The lowest BCUT2D eigenvalue weighted by Gasteiger charge is -2.34. The minimum Gasteiger partial charge on any atom is -0.496 e. The summed E-state index contributed by atoms with van der Waals surface area (Å²) in [5, 5.41) is 3.48. The second-order valence-electron chi connectivity index (χ2n) is 5.57. The van der Waals surface area contributed by atoms with Crippen LogP contribution >= 0.6 is 0 Å². The molecule has 1 aromatic rings. The van der Waals surface area contributed by atoms with Gasteiger partial charge in [-0.05, 0) is 24.9 Å². The normalized spacial score (nSPS) is 19.2. The first-order valence-corrected chi connectivity index (χ1v) is 7.31. The Labute approximate surface area is 116 Å². The molecule has 3 nitrogen and oxygen atoms in total. The summed E-state index contributed by atoms with van der Waals surface area (Å²) in [7, 11) is 1.76. The number of hydrogen-bond acceptors (Lipinski definition) is 3. The van der Waals surface area contributed by atoms with E-state index in [1.807, 2.05) is 6.07 Å². The number of nitrogens with zero attached hydrogens (tertiary/aromatic N) is 1. The Morgan fingerprint density at radius 2 is 1.95 bits per heavy atom. The van der Waals surface area contributed by atoms with Gasteiger partial charge in [-0.25, -0.2) is 0 Å². The Balaban J connectivity index is 2.28. The summed E-state index contributed by atoms with van der Waals surface area (Å²) in [6, 6.07) is 8.88. The van der Waals surface area contributed by atoms with Crippen LogP contribution in [0.15, 0.2) is 24.3 Å². The molecule has 1 heterocycles. The molecule has 2 rings (SSSR count). The van der Waals surface area contributed by atoms with Gasteiger partial charge in [-0.3, -0.25) is 4.90 Å². The highest BCUT2D eigenvalue weighted by molar-refractivity contribution is 5.36. The molecule has 0 radical (unpaired) electrons. The smallest absolute Gasteiger partial charge is 0.123 e. The maximum Gasteiger partial charge on any atom is 0.123 e. The number of rotatable bonds is 4. The molecule has 1 aliphatic heterocycles. The van der Waals surface area contributed by atoms with Crippen molar-refractivity contribution in [1.82, 2.24) is 10.2 Å². The molecule has 0 bridgehead atoms. The third kappa shape index (κ3) is 3.48. The third-order valence-electron chi connectivity index (χ3n) is 3.86. The number of benzene rings is 1. The summed E-state index contributed by atoms with van der Waals surface area (Å²) in [6.07, 6.45) is 1.22. The Morgan fingerprint density at radius 3 is 2.68 bits per heavy atom. The lowest BCUT2D eigenvalue weighted by atomic mass is 9.93. The molecule has 1 saturated heterocycles. The van der Waals surface area contributed by atoms with E-state index < -0.39 is 0 Å². The molecule has 106 valence electrons. The fourth-order valence-corrected chi connectivity index (χ4v) is 3.03. The van der Waals surface area contributed by atoms with Crippen molar-refractivity contribution in [2.24, 2.45) is 5.92 Å². The molecule has 19 heavy (non-hydrogen) atoms. The number of methoxy groups -OCH3 is 1. The van der Waals surface area contributed by atoms with E-state index in [1.54, 1.807) is 7.11 Å². The summed E-state index contributed by atoms with van der Waals surface area (Å²) in [5.74, 6) is 1.59. The van der Waals surface area contributed by atoms with Crippen LogP contribution in [0.2, 0.25) is 0 Å². The Morgan fingerprint density at radius 1 is 1.16 bits per heavy atom. The molecule has 0 amide bonds. The van der Waals surface area contributed by atoms with Crippen molar-refractivity contribution in [2.75, 3.05) is 33.3 Å². The second kappa shape index (κ2) is 6.92. The van der Waals surface area contributed by atoms with Crippen molar-refractivity contribution in [3.63, 3.8) is 0 Å². The standard InChI is InChI=1S/C16H26N2O/c1-13(2)16(18-11-6-9-17-10-12-18)14-7-4-5-8-15(14)19-3/h4-5,7-8,13,16-17H,6,9-12H2,1-3H3. The van der Waals surface area contributed by atoms with Gasteiger partial charge in [0.15, 0.2) is 0 Å². The predicted molar refractivity (Wildman–Crippen MR) is 79.6 cm³/mol. The Bertz CT molecular complexity index is 384. The fraction of sp³-hybridized carbons (Fsp3) is 0.625. The van der Waals surface area contributed by atoms with Gasteiger partial charge in [-0.1, -0.05) is 32.0 Å². The first-order chi connectivity index (χ1) is 9.24. The van der Waals surface area contributed by atoms with Crippen LogP contribution in [-0.2, 0) is 0 Å². The van der Waals surface area contributed by atoms with Gasteiger partial charge in [-0.15, -0.1) is 0 Å². The average molecular weight is 262 g/mol. The molecular weight excluding hydrogens is 236 g/mol. The summed E-state index contributed by atoms with van der Waals surface area (Å²) >= 11 is 0. The van der Waals surface area contributed by atoms with Crippen LogP contribution in [0.3, 0.4) is 0 Å². The summed E-state index contributed by atoms with van der Waals surface area (Å²) in [6.45, 7) is 9.09. The van der Waals surface area contributed by atoms with E-state index in [4.69, 9.17) is 4.74 Å². The molecule has 1 N–H and O–H groups in total. The first kappa shape index (κ1) is 14.4. The lowest BCUT2D eigenvalue weighted by Crippen LogP contribution is -2.35. The maximum atomic E-state index is 5.56. The minimum atomic E-state index is 0.441. The first-order valence-electron chi connectivity index (χ1n) is 7.31. The molecule has 3 heteroatoms. The summed E-state index contributed by atoms with van der Waals surface area (Å²) < 4.78 is 5.56. The van der Waals surface area contributed by atoms with Crippen LogP contribution in [0.1, 0.15) is 31.9 Å². The highest BCUT2D eigenvalue weighted by Crippen LogP contribution is 2.34. The van der Waals surface area contributed by atoms with E-state index in [0.29, 0.717) is 12.0 Å². The van der Waals surface area contributed by atoms with Crippen LogP contribution in [0.5, 0.6) is 5.75 Å². The predicted octanol–water partition coefficient (Wildman–Crippen LogP) is 2.69. The van der Waals surface area contributed by atoms with Crippen LogP contribution in [0.25, 0.3) is 0 Å². The molecular formula is C16H26N2O. The SMILES string of the molecule is COc1ccccc1C(C(C)C)N1CCCNCC1. The van der Waals surface area contributed by atoms with E-state index in [1.165, 1.54) is 12.0 Å². The molecule has 1 atom stereocenters. The van der Waals surface area contributed by atoms with Gasteiger partial charge in [0.1, 0.15) is 5.75 Å². The average Bonchev–Trinajstić information content (AvgIpc) is 2.68. The number of nitrogens with one attached hydrogen (secondary N) is 1. The Hall–Kier alpha value is -1.06. The molecule has 1 aromatic carbocycles. The molecule has 0 saturated carbocycles. The van der Waals surface area contributed by atoms with E-state index >= 15 is 0 Å². The van der Waals surface area contributed by atoms with E-state index in [2.05, 4.69) is 42.3 Å². The van der Waals surface area contributed by atoms with E-state index in [-0.39, 0.29) is 0 Å². The van der Waals surface area contributed by atoms with Gasteiger partial charge in [0.2, 0.25) is 0 Å². The number of hydrogen-bond donors (Lipinski definition) is 1. The van der Waals surface area contributed by atoms with Crippen molar-refractivity contribution < 1.29 is 4.74 Å². The quantitative estimate of drug-likeness (QED) is 0.903. The van der Waals surface area contributed by atoms with E-state index in [9.17, 15) is 0 Å². The van der Waals surface area contributed by atoms with Crippen molar-refractivity contribution in [2.45, 2.75) is 26.3 Å². The lowest BCUT2D eigenvalue weighted by molar-refractivity contribution is 0.162. The van der Waals surface area contributed by atoms with Crippen LogP contribution < -0.4 is 10.1 Å². The van der Waals surface area contributed by atoms with Gasteiger partial charge in [0.05, 0.1) is 7.11 Å². The molecule has 0 aromatic heterocycles. The van der Waals surface area contributed by atoms with Crippen LogP contribution in [-0.4, -0.2) is 38.2 Å². The van der Waals surface area contributed by atoms with Crippen molar-refractivity contribution in [1.29, 1.82) is 0 Å². The highest BCUT2D eigenvalue weighted by atomic mass is 16.5. The summed E-state index contributed by atoms with van der Waals surface area (Å²) in [4.78, 5) is 2.60. The molecule has 1 fully saturated rings. The minimum absolute atomic E-state index is 0.441.